The number of halogens is 1. The van der Waals surface area contributed by atoms with Crippen LogP contribution in [0.2, 0.25) is 5.02 Å². The molecule has 0 N–H and O–H groups in total. The van der Waals surface area contributed by atoms with Crippen LogP contribution in [-0.4, -0.2) is 37.7 Å². The van der Waals surface area contributed by atoms with Gasteiger partial charge in [0, 0.05) is 26.2 Å². The minimum atomic E-state index is -0.551. The van der Waals surface area contributed by atoms with Gasteiger partial charge in [-0.15, -0.1) is 0 Å². The quantitative estimate of drug-likeness (QED) is 0.574. The monoisotopic (exact) mass is 311 g/mol. The van der Waals surface area contributed by atoms with Crippen molar-refractivity contribution in [3.63, 3.8) is 0 Å². The fraction of sp³-hybridized carbons (Fsp3) is 0.467. The molecular formula is C15H18ClNO4. The van der Waals surface area contributed by atoms with E-state index in [1.54, 1.807) is 18.2 Å². The molecule has 1 aromatic rings. The van der Waals surface area contributed by atoms with Crippen LogP contribution in [0.15, 0.2) is 18.2 Å². The van der Waals surface area contributed by atoms with E-state index >= 15 is 0 Å². The molecule has 21 heavy (non-hydrogen) atoms. The van der Waals surface area contributed by atoms with Crippen molar-refractivity contribution in [2.24, 2.45) is 0 Å². The third-order valence-corrected chi connectivity index (χ3v) is 3.54. The summed E-state index contributed by atoms with van der Waals surface area (Å²) in [6, 6.07) is 4.95. The van der Waals surface area contributed by atoms with E-state index in [-0.39, 0.29) is 0 Å². The molecule has 0 saturated carbocycles. The molecule has 6 heteroatoms. The summed E-state index contributed by atoms with van der Waals surface area (Å²) < 4.78 is 10.9. The first-order valence-electron chi connectivity index (χ1n) is 6.98. The van der Waals surface area contributed by atoms with E-state index in [1.807, 2.05) is 13.8 Å². The van der Waals surface area contributed by atoms with E-state index in [9.17, 15) is 9.59 Å². The van der Waals surface area contributed by atoms with Crippen molar-refractivity contribution in [1.82, 2.24) is 0 Å². The van der Waals surface area contributed by atoms with Crippen LogP contribution in [0.4, 0.5) is 5.69 Å². The number of benzene rings is 1. The Morgan fingerprint density at radius 2 is 1.86 bits per heavy atom. The van der Waals surface area contributed by atoms with Crippen molar-refractivity contribution in [1.29, 1.82) is 0 Å². The molecule has 0 aliphatic carbocycles. The molecule has 1 aliphatic heterocycles. The van der Waals surface area contributed by atoms with E-state index in [1.165, 1.54) is 4.90 Å². The van der Waals surface area contributed by atoms with Crippen molar-refractivity contribution in [2.45, 2.75) is 26.6 Å². The second-order valence-electron chi connectivity index (χ2n) is 4.55. The minimum absolute atomic E-state index is 0.325. The summed E-state index contributed by atoms with van der Waals surface area (Å²) in [5.41, 5.74) is 0.845. The number of ketones is 1. The number of para-hydroxylation sites is 1. The van der Waals surface area contributed by atoms with Gasteiger partial charge in [-0.05, 0) is 26.0 Å². The number of nitrogens with zero attached hydrogens (tertiary/aromatic N) is 1. The largest absolute Gasteiger partial charge is 0.353 e. The van der Waals surface area contributed by atoms with Gasteiger partial charge in [0.15, 0.2) is 6.29 Å². The highest BCUT2D eigenvalue weighted by molar-refractivity contribution is 6.54. The Balaban J connectivity index is 2.14. The molecule has 5 nitrogen and oxygen atoms in total. The number of hydrogen-bond donors (Lipinski definition) is 0. The zero-order chi connectivity index (χ0) is 15.4. The molecule has 0 bridgehead atoms. The summed E-state index contributed by atoms with van der Waals surface area (Å²) >= 11 is 6.12. The fourth-order valence-electron chi connectivity index (χ4n) is 2.35. The second kappa shape index (κ2) is 7.02. The van der Waals surface area contributed by atoms with Crippen LogP contribution in [0.25, 0.3) is 0 Å². The minimum Gasteiger partial charge on any atom is -0.353 e. The molecule has 2 rings (SSSR count). The van der Waals surface area contributed by atoms with Crippen LogP contribution in [0.1, 0.15) is 30.6 Å². The molecular weight excluding hydrogens is 294 g/mol. The number of carbonyl (C=O) groups is 2. The molecule has 0 spiro atoms. The highest BCUT2D eigenvalue weighted by atomic mass is 35.5. The molecule has 1 aromatic carbocycles. The van der Waals surface area contributed by atoms with Crippen molar-refractivity contribution >= 4 is 29.0 Å². The van der Waals surface area contributed by atoms with Gasteiger partial charge in [-0.25, -0.2) is 0 Å². The molecule has 1 amide bonds. The zero-order valence-corrected chi connectivity index (χ0v) is 12.9. The smallest absolute Gasteiger partial charge is 0.299 e. The Labute approximate surface area is 128 Å². The van der Waals surface area contributed by atoms with Gasteiger partial charge in [0.2, 0.25) is 0 Å². The number of carbonyl (C=O) groups excluding carboxylic acids is 2. The summed E-state index contributed by atoms with van der Waals surface area (Å²) in [6.45, 7) is 5.13. The topological polar surface area (TPSA) is 55.8 Å². The van der Waals surface area contributed by atoms with Crippen LogP contribution < -0.4 is 4.90 Å². The van der Waals surface area contributed by atoms with Crippen LogP contribution >= 0.6 is 11.6 Å². The summed E-state index contributed by atoms with van der Waals surface area (Å²) in [5, 5.41) is 0.399. The van der Waals surface area contributed by atoms with E-state index in [2.05, 4.69) is 0 Å². The van der Waals surface area contributed by atoms with Gasteiger partial charge < -0.3 is 14.4 Å². The number of fused-ring (bicyclic) bond motifs is 1. The van der Waals surface area contributed by atoms with E-state index < -0.39 is 18.0 Å². The SMILES string of the molecule is CCOC(CCN1C(=O)C(=O)c2cccc(Cl)c21)OCC. The lowest BCUT2D eigenvalue weighted by atomic mass is 10.1. The van der Waals surface area contributed by atoms with Gasteiger partial charge in [0.05, 0.1) is 16.3 Å². The lowest BCUT2D eigenvalue weighted by Crippen LogP contribution is -2.33. The third kappa shape index (κ3) is 3.26. The first-order chi connectivity index (χ1) is 10.1. The normalized spacial score (nSPS) is 14.2. The number of anilines is 1. The second-order valence-corrected chi connectivity index (χ2v) is 4.96. The third-order valence-electron chi connectivity index (χ3n) is 3.23. The van der Waals surface area contributed by atoms with Crippen LogP contribution in [0.5, 0.6) is 0 Å². The summed E-state index contributed by atoms with van der Waals surface area (Å²) in [6.07, 6.45) is 0.0835. The Morgan fingerprint density at radius 3 is 2.48 bits per heavy atom. The van der Waals surface area contributed by atoms with Crippen LogP contribution in [0, 0.1) is 0 Å². The van der Waals surface area contributed by atoms with Gasteiger partial charge in [-0.2, -0.15) is 0 Å². The molecule has 1 aliphatic rings. The Kier molecular flexibility index (Phi) is 5.33. The molecule has 0 fully saturated rings. The van der Waals surface area contributed by atoms with E-state index in [4.69, 9.17) is 21.1 Å². The number of rotatable bonds is 7. The van der Waals surface area contributed by atoms with Gasteiger partial charge in [0.1, 0.15) is 0 Å². The Bertz CT molecular complexity index is 540. The maximum atomic E-state index is 12.1. The first kappa shape index (κ1) is 15.9. The number of Topliss-reactive ketones (excluding diaryl/α,β-unsaturated/α-hetero) is 1. The summed E-state index contributed by atoms with van der Waals surface area (Å²) in [5.74, 6) is -1.07. The van der Waals surface area contributed by atoms with Crippen molar-refractivity contribution < 1.29 is 19.1 Å². The van der Waals surface area contributed by atoms with Crippen LogP contribution in [-0.2, 0) is 14.3 Å². The standard InChI is InChI=1S/C15H18ClNO4/c1-3-20-12(21-4-2)8-9-17-13-10(14(18)15(17)19)6-5-7-11(13)16/h5-7,12H,3-4,8-9H2,1-2H3. The summed E-state index contributed by atoms with van der Waals surface area (Å²) in [7, 11) is 0. The summed E-state index contributed by atoms with van der Waals surface area (Å²) in [4.78, 5) is 25.4. The lowest BCUT2D eigenvalue weighted by molar-refractivity contribution is -0.138. The van der Waals surface area contributed by atoms with Gasteiger partial charge >= 0.3 is 0 Å². The maximum absolute atomic E-state index is 12.1. The predicted molar refractivity (Wildman–Crippen MR) is 79.8 cm³/mol. The Hall–Kier alpha value is -1.43. The molecule has 0 atom stereocenters. The molecule has 114 valence electrons. The average molecular weight is 312 g/mol. The number of amides is 1. The van der Waals surface area contributed by atoms with Crippen LogP contribution in [0.3, 0.4) is 0 Å². The number of hydrogen-bond acceptors (Lipinski definition) is 4. The lowest BCUT2D eigenvalue weighted by Gasteiger charge is -2.22. The predicted octanol–water partition coefficient (Wildman–Crippen LogP) is 2.66. The highest BCUT2D eigenvalue weighted by Gasteiger charge is 2.37. The Morgan fingerprint density at radius 1 is 1.19 bits per heavy atom. The molecule has 0 aromatic heterocycles. The van der Waals surface area contributed by atoms with Gasteiger partial charge in [-0.3, -0.25) is 9.59 Å². The molecule has 0 unspecified atom stereocenters. The maximum Gasteiger partial charge on any atom is 0.299 e. The molecule has 1 heterocycles. The van der Waals surface area contributed by atoms with Crippen molar-refractivity contribution in [2.75, 3.05) is 24.7 Å². The van der Waals surface area contributed by atoms with Gasteiger partial charge in [-0.1, -0.05) is 17.7 Å². The highest BCUT2D eigenvalue weighted by Crippen LogP contribution is 2.35. The first-order valence-corrected chi connectivity index (χ1v) is 7.35. The fourth-order valence-corrected chi connectivity index (χ4v) is 2.62. The number of ether oxygens (including phenoxy) is 2. The van der Waals surface area contributed by atoms with Gasteiger partial charge in [0.25, 0.3) is 11.7 Å². The van der Waals surface area contributed by atoms with E-state index in [0.29, 0.717) is 42.5 Å². The molecule has 0 saturated heterocycles. The molecule has 0 radical (unpaired) electrons. The van der Waals surface area contributed by atoms with E-state index in [0.717, 1.165) is 0 Å². The zero-order valence-electron chi connectivity index (χ0n) is 12.1. The van der Waals surface area contributed by atoms with Crippen molar-refractivity contribution in [3.8, 4) is 0 Å². The van der Waals surface area contributed by atoms with Crippen molar-refractivity contribution in [3.05, 3.63) is 28.8 Å². The average Bonchev–Trinajstić information content (AvgIpc) is 2.71.